The van der Waals surface area contributed by atoms with Crippen molar-refractivity contribution in [1.29, 1.82) is 0 Å². The van der Waals surface area contributed by atoms with Gasteiger partial charge in [0.2, 0.25) is 10.0 Å². The molecule has 0 saturated carbocycles. The Morgan fingerprint density at radius 1 is 1.12 bits per heavy atom. The highest BCUT2D eigenvalue weighted by Gasteiger charge is 2.23. The molecule has 0 aliphatic rings. The number of aryl methyl sites for hydroxylation is 1. The van der Waals surface area contributed by atoms with Crippen molar-refractivity contribution in [2.45, 2.75) is 31.7 Å². The maximum absolute atomic E-state index is 12.8. The first-order chi connectivity index (χ1) is 12.3. The lowest BCUT2D eigenvalue weighted by Crippen LogP contribution is -2.28. The standard InChI is InChI=1S/C19H25N3O3S/c1-5-15-10-11-17(20-13-15)14-22(4)26(24,25)18-9-7-8-16(12-18)19(23)21(3)6-2/h7-13H,5-6,14H2,1-4H3. The van der Waals surface area contributed by atoms with Crippen LogP contribution in [0.3, 0.4) is 0 Å². The van der Waals surface area contributed by atoms with E-state index in [9.17, 15) is 13.2 Å². The minimum atomic E-state index is -3.72. The summed E-state index contributed by atoms with van der Waals surface area (Å²) < 4.78 is 26.9. The molecule has 2 rings (SSSR count). The van der Waals surface area contributed by atoms with Gasteiger partial charge in [0.25, 0.3) is 5.91 Å². The molecule has 0 radical (unpaired) electrons. The molecule has 26 heavy (non-hydrogen) atoms. The quantitative estimate of drug-likeness (QED) is 0.746. The number of hydrogen-bond donors (Lipinski definition) is 0. The number of pyridine rings is 1. The lowest BCUT2D eigenvalue weighted by atomic mass is 10.2. The summed E-state index contributed by atoms with van der Waals surface area (Å²) in [6.07, 6.45) is 2.64. The largest absolute Gasteiger partial charge is 0.342 e. The molecule has 0 N–H and O–H groups in total. The summed E-state index contributed by atoms with van der Waals surface area (Å²) >= 11 is 0. The van der Waals surface area contributed by atoms with Gasteiger partial charge in [-0.3, -0.25) is 9.78 Å². The van der Waals surface area contributed by atoms with Crippen LogP contribution in [0.4, 0.5) is 0 Å². The Labute approximate surface area is 155 Å². The Balaban J connectivity index is 2.24. The predicted molar refractivity (Wildman–Crippen MR) is 101 cm³/mol. The number of aromatic nitrogens is 1. The minimum Gasteiger partial charge on any atom is -0.342 e. The molecule has 1 aromatic heterocycles. The van der Waals surface area contributed by atoms with E-state index in [0.29, 0.717) is 17.8 Å². The van der Waals surface area contributed by atoms with Crippen molar-refractivity contribution in [3.63, 3.8) is 0 Å². The van der Waals surface area contributed by atoms with E-state index in [1.165, 1.54) is 28.4 Å². The number of rotatable bonds is 7. The summed E-state index contributed by atoms with van der Waals surface area (Å²) in [6.45, 7) is 4.62. The highest BCUT2D eigenvalue weighted by atomic mass is 32.2. The topological polar surface area (TPSA) is 70.6 Å². The molecule has 7 heteroatoms. The van der Waals surface area contributed by atoms with Crippen LogP contribution in [0.15, 0.2) is 47.5 Å². The monoisotopic (exact) mass is 375 g/mol. The van der Waals surface area contributed by atoms with Gasteiger partial charge < -0.3 is 4.90 Å². The summed E-state index contributed by atoms with van der Waals surface area (Å²) in [6, 6.07) is 9.92. The summed E-state index contributed by atoms with van der Waals surface area (Å²) in [5.74, 6) is -0.205. The van der Waals surface area contributed by atoms with E-state index in [4.69, 9.17) is 0 Å². The van der Waals surface area contributed by atoms with Crippen LogP contribution in [0.2, 0.25) is 0 Å². The summed E-state index contributed by atoms with van der Waals surface area (Å²) in [5.41, 5.74) is 2.13. The highest BCUT2D eigenvalue weighted by Crippen LogP contribution is 2.18. The van der Waals surface area contributed by atoms with Crippen molar-refractivity contribution in [2.75, 3.05) is 20.6 Å². The van der Waals surface area contributed by atoms with Gasteiger partial charge in [0, 0.05) is 32.4 Å². The Morgan fingerprint density at radius 2 is 1.85 bits per heavy atom. The molecule has 140 valence electrons. The number of nitrogens with zero attached hydrogens (tertiary/aromatic N) is 3. The Kier molecular flexibility index (Phi) is 6.50. The van der Waals surface area contributed by atoms with Crippen molar-refractivity contribution < 1.29 is 13.2 Å². The SMILES string of the molecule is CCc1ccc(CN(C)S(=O)(=O)c2cccc(C(=O)N(C)CC)c2)nc1. The average Bonchev–Trinajstić information content (AvgIpc) is 2.67. The summed E-state index contributed by atoms with van der Waals surface area (Å²) in [4.78, 5) is 18.2. The molecule has 0 spiro atoms. The molecular formula is C19H25N3O3S. The molecular weight excluding hydrogens is 350 g/mol. The zero-order valence-electron chi connectivity index (χ0n) is 15.6. The van der Waals surface area contributed by atoms with Crippen molar-refractivity contribution in [3.05, 3.63) is 59.4 Å². The van der Waals surface area contributed by atoms with Crippen LogP contribution in [0, 0.1) is 0 Å². The van der Waals surface area contributed by atoms with Gasteiger partial charge in [-0.05, 0) is 43.2 Å². The van der Waals surface area contributed by atoms with E-state index in [1.54, 1.807) is 25.4 Å². The van der Waals surface area contributed by atoms with Crippen LogP contribution >= 0.6 is 0 Å². The van der Waals surface area contributed by atoms with Crippen molar-refractivity contribution >= 4 is 15.9 Å². The molecule has 1 aromatic carbocycles. The number of carbonyl (C=O) groups excluding carboxylic acids is 1. The predicted octanol–water partition coefficient (Wildman–Crippen LogP) is 2.56. The van der Waals surface area contributed by atoms with E-state index in [2.05, 4.69) is 4.98 Å². The number of sulfonamides is 1. The number of carbonyl (C=O) groups is 1. The van der Waals surface area contributed by atoms with E-state index in [1.807, 2.05) is 26.0 Å². The molecule has 0 aliphatic carbocycles. The second-order valence-corrected chi connectivity index (χ2v) is 8.16. The van der Waals surface area contributed by atoms with Gasteiger partial charge in [0.15, 0.2) is 0 Å². The van der Waals surface area contributed by atoms with Crippen molar-refractivity contribution in [3.8, 4) is 0 Å². The molecule has 0 atom stereocenters. The van der Waals surface area contributed by atoms with Gasteiger partial charge in [-0.25, -0.2) is 8.42 Å². The summed E-state index contributed by atoms with van der Waals surface area (Å²) in [5, 5.41) is 0. The normalized spacial score (nSPS) is 11.6. The van der Waals surface area contributed by atoms with Gasteiger partial charge in [-0.2, -0.15) is 4.31 Å². The molecule has 0 saturated heterocycles. The lowest BCUT2D eigenvalue weighted by molar-refractivity contribution is 0.0802. The zero-order chi connectivity index (χ0) is 19.3. The number of hydrogen-bond acceptors (Lipinski definition) is 4. The Bertz CT molecular complexity index is 864. The Hall–Kier alpha value is -2.25. The first kappa shape index (κ1) is 20.1. The second kappa shape index (κ2) is 8.42. The van der Waals surface area contributed by atoms with Gasteiger partial charge in [0.1, 0.15) is 0 Å². The molecule has 0 unspecified atom stereocenters. The van der Waals surface area contributed by atoms with Crippen LogP contribution in [0.1, 0.15) is 35.5 Å². The van der Waals surface area contributed by atoms with Gasteiger partial charge in [-0.1, -0.05) is 19.1 Å². The fourth-order valence-electron chi connectivity index (χ4n) is 2.40. The van der Waals surface area contributed by atoms with Gasteiger partial charge in [0.05, 0.1) is 17.1 Å². The molecule has 2 aromatic rings. The Morgan fingerprint density at radius 3 is 2.42 bits per heavy atom. The molecule has 6 nitrogen and oxygen atoms in total. The minimum absolute atomic E-state index is 0.0977. The molecule has 0 aliphatic heterocycles. The van der Waals surface area contributed by atoms with Gasteiger partial charge >= 0.3 is 0 Å². The third-order valence-corrected chi connectivity index (χ3v) is 6.09. The maximum Gasteiger partial charge on any atom is 0.253 e. The van der Waals surface area contributed by atoms with E-state index in [-0.39, 0.29) is 17.3 Å². The third kappa shape index (κ3) is 4.47. The number of benzene rings is 1. The zero-order valence-corrected chi connectivity index (χ0v) is 16.5. The van der Waals surface area contributed by atoms with Crippen molar-refractivity contribution in [2.24, 2.45) is 0 Å². The fraction of sp³-hybridized carbons (Fsp3) is 0.368. The van der Waals surface area contributed by atoms with Gasteiger partial charge in [-0.15, -0.1) is 0 Å². The van der Waals surface area contributed by atoms with Crippen LogP contribution < -0.4 is 0 Å². The second-order valence-electron chi connectivity index (χ2n) is 6.12. The van der Waals surface area contributed by atoms with E-state index in [0.717, 1.165) is 12.0 Å². The van der Waals surface area contributed by atoms with Crippen LogP contribution in [0.25, 0.3) is 0 Å². The van der Waals surface area contributed by atoms with Crippen LogP contribution in [0.5, 0.6) is 0 Å². The third-order valence-electron chi connectivity index (χ3n) is 4.29. The molecule has 1 amide bonds. The number of amides is 1. The van der Waals surface area contributed by atoms with Crippen LogP contribution in [-0.4, -0.2) is 49.2 Å². The molecule has 1 heterocycles. The first-order valence-electron chi connectivity index (χ1n) is 8.55. The maximum atomic E-state index is 12.8. The van der Waals surface area contributed by atoms with E-state index >= 15 is 0 Å². The first-order valence-corrected chi connectivity index (χ1v) is 9.99. The fourth-order valence-corrected chi connectivity index (χ4v) is 3.59. The average molecular weight is 375 g/mol. The summed E-state index contributed by atoms with van der Waals surface area (Å²) in [7, 11) is -0.526. The highest BCUT2D eigenvalue weighted by molar-refractivity contribution is 7.89. The van der Waals surface area contributed by atoms with E-state index < -0.39 is 10.0 Å². The molecule has 0 bridgehead atoms. The molecule has 0 fully saturated rings. The smallest absolute Gasteiger partial charge is 0.253 e. The van der Waals surface area contributed by atoms with Crippen molar-refractivity contribution in [1.82, 2.24) is 14.2 Å². The van der Waals surface area contributed by atoms with Crippen LogP contribution in [-0.2, 0) is 23.0 Å². The lowest BCUT2D eigenvalue weighted by Gasteiger charge is -2.18.